The standard InChI is InChI=1S/C25H21N3O/c26-16-21-17-27-11-10-23(21)25-9-8-24(29-25)20-5-4-19-15-22(7-6-18(19)14-20)28-12-2-1-3-13-28/h4-11,14-15,17H,1-3,12-13H2. The first-order chi connectivity index (χ1) is 14.3. The van der Waals surface area contributed by atoms with Crippen molar-refractivity contribution in [1.29, 1.82) is 5.26 Å². The molecule has 1 aliphatic heterocycles. The topological polar surface area (TPSA) is 53.1 Å². The van der Waals surface area contributed by atoms with Crippen LogP contribution in [0.15, 0.2) is 71.4 Å². The molecule has 0 saturated carbocycles. The van der Waals surface area contributed by atoms with Gasteiger partial charge in [-0.05, 0) is 66.4 Å². The number of hydrogen-bond acceptors (Lipinski definition) is 4. The number of rotatable bonds is 3. The minimum absolute atomic E-state index is 0.511. The number of anilines is 1. The van der Waals surface area contributed by atoms with E-state index in [1.807, 2.05) is 18.2 Å². The van der Waals surface area contributed by atoms with Crippen LogP contribution in [0, 0.1) is 11.3 Å². The lowest BCUT2D eigenvalue weighted by atomic mass is 10.0. The number of nitriles is 1. The van der Waals surface area contributed by atoms with Crippen LogP contribution < -0.4 is 4.90 Å². The second kappa shape index (κ2) is 7.44. The molecule has 0 unspecified atom stereocenters. The summed E-state index contributed by atoms with van der Waals surface area (Å²) in [6.07, 6.45) is 7.14. The second-order valence-corrected chi connectivity index (χ2v) is 7.49. The zero-order chi connectivity index (χ0) is 19.6. The molecule has 0 bridgehead atoms. The molecule has 0 N–H and O–H groups in total. The smallest absolute Gasteiger partial charge is 0.136 e. The molecule has 4 heteroatoms. The van der Waals surface area contributed by atoms with Crippen LogP contribution >= 0.6 is 0 Å². The first-order valence-corrected chi connectivity index (χ1v) is 10.1. The molecule has 1 aliphatic rings. The van der Waals surface area contributed by atoms with Crippen LogP contribution in [0.4, 0.5) is 5.69 Å². The third kappa shape index (κ3) is 3.36. The Kier molecular flexibility index (Phi) is 4.50. The van der Waals surface area contributed by atoms with Crippen LogP contribution in [-0.4, -0.2) is 18.1 Å². The Morgan fingerprint density at radius 2 is 1.66 bits per heavy atom. The SMILES string of the molecule is N#Cc1cnccc1-c1ccc(-c2ccc3cc(N4CCCCC4)ccc3c2)o1. The Morgan fingerprint density at radius 1 is 0.862 bits per heavy atom. The number of piperidine rings is 1. The van der Waals surface area contributed by atoms with Crippen molar-refractivity contribution in [1.82, 2.24) is 4.98 Å². The lowest BCUT2D eigenvalue weighted by Crippen LogP contribution is -2.29. The number of fused-ring (bicyclic) bond motifs is 1. The molecule has 0 atom stereocenters. The third-order valence-electron chi connectivity index (χ3n) is 5.64. The average Bonchev–Trinajstić information content (AvgIpc) is 3.29. The highest BCUT2D eigenvalue weighted by atomic mass is 16.3. The summed E-state index contributed by atoms with van der Waals surface area (Å²) in [6.45, 7) is 2.30. The maximum Gasteiger partial charge on any atom is 0.136 e. The predicted octanol–water partition coefficient (Wildman–Crippen LogP) is 6.02. The molecule has 142 valence electrons. The normalized spacial score (nSPS) is 14.1. The van der Waals surface area contributed by atoms with Crippen molar-refractivity contribution in [3.05, 3.63) is 72.6 Å². The lowest BCUT2D eigenvalue weighted by Gasteiger charge is -2.29. The largest absolute Gasteiger partial charge is 0.456 e. The van der Waals surface area contributed by atoms with Crippen molar-refractivity contribution >= 4 is 16.5 Å². The van der Waals surface area contributed by atoms with Crippen molar-refractivity contribution in [3.8, 4) is 28.7 Å². The van der Waals surface area contributed by atoms with Crippen molar-refractivity contribution in [2.75, 3.05) is 18.0 Å². The van der Waals surface area contributed by atoms with Gasteiger partial charge in [0.1, 0.15) is 17.6 Å². The second-order valence-electron chi connectivity index (χ2n) is 7.49. The lowest BCUT2D eigenvalue weighted by molar-refractivity contribution is 0.578. The van der Waals surface area contributed by atoms with Crippen molar-refractivity contribution in [2.24, 2.45) is 0 Å². The van der Waals surface area contributed by atoms with Gasteiger partial charge >= 0.3 is 0 Å². The van der Waals surface area contributed by atoms with Crippen molar-refractivity contribution in [2.45, 2.75) is 19.3 Å². The summed E-state index contributed by atoms with van der Waals surface area (Å²) >= 11 is 0. The van der Waals surface area contributed by atoms with Gasteiger partial charge in [0.2, 0.25) is 0 Å². The molecule has 29 heavy (non-hydrogen) atoms. The van der Waals surface area contributed by atoms with Gasteiger partial charge in [-0.15, -0.1) is 0 Å². The molecule has 0 aliphatic carbocycles. The number of furan rings is 1. The van der Waals surface area contributed by atoms with E-state index >= 15 is 0 Å². The Morgan fingerprint density at radius 3 is 2.52 bits per heavy atom. The minimum atomic E-state index is 0.511. The van der Waals surface area contributed by atoms with Crippen LogP contribution in [0.3, 0.4) is 0 Å². The van der Waals surface area contributed by atoms with E-state index in [-0.39, 0.29) is 0 Å². The van der Waals surface area contributed by atoms with Gasteiger partial charge in [-0.1, -0.05) is 18.2 Å². The molecule has 5 rings (SSSR count). The molecule has 1 fully saturated rings. The molecular weight excluding hydrogens is 358 g/mol. The maximum absolute atomic E-state index is 9.30. The molecule has 4 aromatic rings. The van der Waals surface area contributed by atoms with E-state index in [0.717, 1.165) is 30.0 Å². The molecular formula is C25H21N3O. The van der Waals surface area contributed by atoms with Crippen molar-refractivity contribution < 1.29 is 4.42 Å². The zero-order valence-electron chi connectivity index (χ0n) is 16.1. The van der Waals surface area contributed by atoms with Crippen LogP contribution in [-0.2, 0) is 0 Å². The molecule has 0 radical (unpaired) electrons. The summed E-state index contributed by atoms with van der Waals surface area (Å²) in [4.78, 5) is 6.50. The molecule has 1 saturated heterocycles. The van der Waals surface area contributed by atoms with E-state index in [1.54, 1.807) is 12.4 Å². The number of benzene rings is 2. The third-order valence-corrected chi connectivity index (χ3v) is 5.64. The van der Waals surface area contributed by atoms with Gasteiger partial charge in [0, 0.05) is 42.3 Å². The summed E-state index contributed by atoms with van der Waals surface area (Å²) in [7, 11) is 0. The van der Waals surface area contributed by atoms with E-state index in [1.165, 1.54) is 35.7 Å². The van der Waals surface area contributed by atoms with E-state index in [4.69, 9.17) is 4.42 Å². The van der Waals surface area contributed by atoms with Crippen molar-refractivity contribution in [3.63, 3.8) is 0 Å². The number of aromatic nitrogens is 1. The van der Waals surface area contributed by atoms with Crippen LogP contribution in [0.1, 0.15) is 24.8 Å². The summed E-state index contributed by atoms with van der Waals surface area (Å²) in [5.41, 5.74) is 3.62. The maximum atomic E-state index is 9.30. The monoisotopic (exact) mass is 379 g/mol. The quantitative estimate of drug-likeness (QED) is 0.436. The van der Waals surface area contributed by atoms with Crippen LogP contribution in [0.5, 0.6) is 0 Å². The molecule has 4 nitrogen and oxygen atoms in total. The van der Waals surface area contributed by atoms with Gasteiger partial charge in [-0.2, -0.15) is 5.26 Å². The van der Waals surface area contributed by atoms with Gasteiger partial charge < -0.3 is 9.32 Å². The molecule has 0 amide bonds. The zero-order valence-corrected chi connectivity index (χ0v) is 16.1. The average molecular weight is 379 g/mol. The minimum Gasteiger partial charge on any atom is -0.456 e. The summed E-state index contributed by atoms with van der Waals surface area (Å²) < 4.78 is 6.08. The molecule has 0 spiro atoms. The first-order valence-electron chi connectivity index (χ1n) is 10.1. The Bertz CT molecular complexity index is 1210. The van der Waals surface area contributed by atoms with E-state index in [0.29, 0.717) is 11.3 Å². The highest BCUT2D eigenvalue weighted by molar-refractivity contribution is 5.89. The Hall–Kier alpha value is -3.58. The highest BCUT2D eigenvalue weighted by Gasteiger charge is 2.13. The molecule has 3 heterocycles. The summed E-state index contributed by atoms with van der Waals surface area (Å²) in [5.74, 6) is 1.47. The fraction of sp³-hybridized carbons (Fsp3) is 0.200. The number of nitrogens with zero attached hydrogens (tertiary/aromatic N) is 3. The van der Waals surface area contributed by atoms with Gasteiger partial charge in [0.05, 0.1) is 5.56 Å². The Labute approximate surface area is 170 Å². The fourth-order valence-corrected chi connectivity index (χ4v) is 4.07. The van der Waals surface area contributed by atoms with Gasteiger partial charge in [-0.3, -0.25) is 4.98 Å². The molecule has 2 aromatic carbocycles. The predicted molar refractivity (Wildman–Crippen MR) is 116 cm³/mol. The van der Waals surface area contributed by atoms with Crippen LogP contribution in [0.25, 0.3) is 33.4 Å². The molecule has 2 aromatic heterocycles. The van der Waals surface area contributed by atoms with E-state index in [2.05, 4.69) is 52.4 Å². The first kappa shape index (κ1) is 17.5. The van der Waals surface area contributed by atoms with Gasteiger partial charge in [0.15, 0.2) is 0 Å². The van der Waals surface area contributed by atoms with E-state index in [9.17, 15) is 5.26 Å². The highest BCUT2D eigenvalue weighted by Crippen LogP contribution is 2.32. The Balaban J connectivity index is 1.47. The summed E-state index contributed by atoms with van der Waals surface area (Å²) in [5, 5.41) is 11.7. The fourth-order valence-electron chi connectivity index (χ4n) is 4.07. The van der Waals surface area contributed by atoms with E-state index < -0.39 is 0 Å². The van der Waals surface area contributed by atoms with Crippen LogP contribution in [0.2, 0.25) is 0 Å². The van der Waals surface area contributed by atoms with Gasteiger partial charge in [0.25, 0.3) is 0 Å². The summed E-state index contributed by atoms with van der Waals surface area (Å²) in [6, 6.07) is 21.0. The number of pyridine rings is 1. The van der Waals surface area contributed by atoms with Gasteiger partial charge in [-0.25, -0.2) is 0 Å². The number of hydrogen-bond donors (Lipinski definition) is 0.